The van der Waals surface area contributed by atoms with Crippen LogP contribution in [0.5, 0.6) is 5.75 Å². The van der Waals surface area contributed by atoms with Crippen LogP contribution >= 0.6 is 0 Å². The summed E-state index contributed by atoms with van der Waals surface area (Å²) in [5.74, 6) is -2.77. The Balaban J connectivity index is 1.99. The Hall–Kier alpha value is -2.76. The molecular formula is C16H11F2NO3. The minimum Gasteiger partial charge on any atom is -0.508 e. The maximum absolute atomic E-state index is 13.2. The van der Waals surface area contributed by atoms with Gasteiger partial charge in [-0.2, -0.15) is 0 Å². The predicted molar refractivity (Wildman–Crippen MR) is 73.4 cm³/mol. The fourth-order valence-electron chi connectivity index (χ4n) is 2.56. The molecule has 3 rings (SSSR count). The first-order valence-corrected chi connectivity index (χ1v) is 6.52. The molecule has 1 aliphatic rings. The Morgan fingerprint density at radius 2 is 1.68 bits per heavy atom. The molecule has 0 aliphatic carbocycles. The third kappa shape index (κ3) is 2.13. The van der Waals surface area contributed by atoms with Crippen LogP contribution in [0.4, 0.5) is 8.78 Å². The first kappa shape index (κ1) is 14.2. The Kier molecular flexibility index (Phi) is 3.16. The van der Waals surface area contributed by atoms with Crippen molar-refractivity contribution >= 4 is 11.8 Å². The summed E-state index contributed by atoms with van der Waals surface area (Å²) in [7, 11) is 0. The number of phenols is 1. The van der Waals surface area contributed by atoms with E-state index in [0.717, 1.165) is 17.0 Å². The third-order valence-electron chi connectivity index (χ3n) is 3.63. The third-order valence-corrected chi connectivity index (χ3v) is 3.63. The molecule has 1 N–H and O–H groups in total. The largest absolute Gasteiger partial charge is 0.508 e. The summed E-state index contributed by atoms with van der Waals surface area (Å²) in [6, 6.07) is 5.55. The summed E-state index contributed by atoms with van der Waals surface area (Å²) < 4.78 is 26.4. The number of benzene rings is 2. The summed E-state index contributed by atoms with van der Waals surface area (Å²) >= 11 is 0. The van der Waals surface area contributed by atoms with E-state index >= 15 is 0 Å². The quantitative estimate of drug-likeness (QED) is 0.868. The number of carbonyl (C=O) groups is 2. The fraction of sp³-hybridized carbons (Fsp3) is 0.125. The number of phenolic OH excluding ortho intramolecular Hbond substituents is 1. The molecule has 0 saturated carbocycles. The van der Waals surface area contributed by atoms with E-state index in [-0.39, 0.29) is 29.0 Å². The molecule has 2 aromatic carbocycles. The van der Waals surface area contributed by atoms with Gasteiger partial charge in [0.1, 0.15) is 17.4 Å². The molecule has 2 amide bonds. The summed E-state index contributed by atoms with van der Waals surface area (Å²) in [5, 5.41) is 9.66. The van der Waals surface area contributed by atoms with E-state index in [9.17, 15) is 23.5 Å². The average molecular weight is 303 g/mol. The molecule has 22 heavy (non-hydrogen) atoms. The van der Waals surface area contributed by atoms with Crippen LogP contribution in [0.15, 0.2) is 30.3 Å². The maximum atomic E-state index is 13.2. The Bertz CT molecular complexity index is 797. The lowest BCUT2D eigenvalue weighted by molar-refractivity contribution is 0.0641. The van der Waals surface area contributed by atoms with Gasteiger partial charge in [-0.05, 0) is 36.8 Å². The minimum atomic E-state index is -0.777. The van der Waals surface area contributed by atoms with Crippen LogP contribution in [0.25, 0.3) is 0 Å². The molecule has 0 saturated heterocycles. The first-order valence-electron chi connectivity index (χ1n) is 6.52. The van der Waals surface area contributed by atoms with Crippen molar-refractivity contribution in [1.29, 1.82) is 0 Å². The molecule has 1 heterocycles. The van der Waals surface area contributed by atoms with Gasteiger partial charge in [-0.25, -0.2) is 8.78 Å². The van der Waals surface area contributed by atoms with Gasteiger partial charge in [0.25, 0.3) is 11.8 Å². The zero-order valence-electron chi connectivity index (χ0n) is 11.6. The fourth-order valence-corrected chi connectivity index (χ4v) is 2.56. The smallest absolute Gasteiger partial charge is 0.262 e. The number of imide groups is 1. The van der Waals surface area contributed by atoms with Crippen molar-refractivity contribution in [2.45, 2.75) is 13.5 Å². The number of halogens is 2. The maximum Gasteiger partial charge on any atom is 0.262 e. The second kappa shape index (κ2) is 4.91. The summed E-state index contributed by atoms with van der Waals surface area (Å²) in [6.07, 6.45) is 0. The number of amides is 2. The summed E-state index contributed by atoms with van der Waals surface area (Å²) in [5.41, 5.74) is 0.789. The van der Waals surface area contributed by atoms with Crippen molar-refractivity contribution in [2.24, 2.45) is 0 Å². The molecule has 2 aromatic rings. The summed E-state index contributed by atoms with van der Waals surface area (Å²) in [6.45, 7) is 1.30. The molecular weight excluding hydrogens is 292 g/mol. The van der Waals surface area contributed by atoms with Crippen molar-refractivity contribution in [3.05, 3.63) is 64.2 Å². The van der Waals surface area contributed by atoms with Crippen molar-refractivity contribution < 1.29 is 23.5 Å². The lowest BCUT2D eigenvalue weighted by Gasteiger charge is -2.14. The van der Waals surface area contributed by atoms with Crippen LogP contribution in [0.2, 0.25) is 0 Å². The van der Waals surface area contributed by atoms with Gasteiger partial charge in [-0.1, -0.05) is 0 Å². The highest BCUT2D eigenvalue weighted by Crippen LogP contribution is 2.31. The van der Waals surface area contributed by atoms with Crippen LogP contribution in [-0.4, -0.2) is 21.8 Å². The van der Waals surface area contributed by atoms with Crippen LogP contribution in [0.3, 0.4) is 0 Å². The van der Waals surface area contributed by atoms with Crippen LogP contribution in [-0.2, 0) is 6.54 Å². The van der Waals surface area contributed by atoms with E-state index in [2.05, 4.69) is 0 Å². The van der Waals surface area contributed by atoms with E-state index in [0.29, 0.717) is 11.6 Å². The summed E-state index contributed by atoms with van der Waals surface area (Å²) in [4.78, 5) is 25.5. The number of fused-ring (bicyclic) bond motifs is 1. The van der Waals surface area contributed by atoms with Gasteiger partial charge in [0, 0.05) is 11.6 Å². The average Bonchev–Trinajstić information content (AvgIpc) is 2.67. The topological polar surface area (TPSA) is 57.6 Å². The number of aromatic hydroxyl groups is 1. The van der Waals surface area contributed by atoms with Gasteiger partial charge >= 0.3 is 0 Å². The molecule has 0 fully saturated rings. The standard InChI is InChI=1S/C16H11F2NO3/c1-8-13(20)3-2-12-14(8)16(22)19(15(12)21)7-9-4-10(17)6-11(18)5-9/h2-6,20H,7H2,1H3. The van der Waals surface area contributed by atoms with Crippen molar-refractivity contribution in [1.82, 2.24) is 4.90 Å². The Labute approximate surface area is 124 Å². The second-order valence-electron chi connectivity index (χ2n) is 5.11. The van der Waals surface area contributed by atoms with E-state index in [1.807, 2.05) is 0 Å². The Morgan fingerprint density at radius 1 is 1.05 bits per heavy atom. The molecule has 0 aromatic heterocycles. The monoisotopic (exact) mass is 303 g/mol. The van der Waals surface area contributed by atoms with Crippen molar-refractivity contribution in [2.75, 3.05) is 0 Å². The molecule has 0 bridgehead atoms. The van der Waals surface area contributed by atoms with Crippen LogP contribution in [0.1, 0.15) is 31.8 Å². The highest BCUT2D eigenvalue weighted by molar-refractivity contribution is 6.22. The van der Waals surface area contributed by atoms with E-state index in [1.54, 1.807) is 0 Å². The van der Waals surface area contributed by atoms with Gasteiger partial charge in [0.2, 0.25) is 0 Å². The van der Waals surface area contributed by atoms with Gasteiger partial charge in [0.15, 0.2) is 0 Å². The minimum absolute atomic E-state index is 0.0847. The normalized spacial score (nSPS) is 13.7. The molecule has 1 aliphatic heterocycles. The van der Waals surface area contributed by atoms with Gasteiger partial charge in [0.05, 0.1) is 17.7 Å². The van der Waals surface area contributed by atoms with E-state index < -0.39 is 23.4 Å². The molecule has 112 valence electrons. The predicted octanol–water partition coefficient (Wildman–Crippen LogP) is 2.78. The molecule has 0 unspecified atom stereocenters. The number of hydrogen-bond acceptors (Lipinski definition) is 3. The van der Waals surface area contributed by atoms with Gasteiger partial charge in [-0.3, -0.25) is 14.5 Å². The number of hydrogen-bond donors (Lipinski definition) is 1. The number of nitrogens with zero attached hydrogens (tertiary/aromatic N) is 1. The molecule has 0 atom stereocenters. The highest BCUT2D eigenvalue weighted by atomic mass is 19.1. The molecule has 4 nitrogen and oxygen atoms in total. The van der Waals surface area contributed by atoms with Crippen LogP contribution < -0.4 is 0 Å². The lowest BCUT2D eigenvalue weighted by Crippen LogP contribution is -2.29. The van der Waals surface area contributed by atoms with Gasteiger partial charge < -0.3 is 5.11 Å². The van der Waals surface area contributed by atoms with Crippen molar-refractivity contribution in [3.63, 3.8) is 0 Å². The van der Waals surface area contributed by atoms with Crippen LogP contribution in [0, 0.1) is 18.6 Å². The molecule has 6 heteroatoms. The Morgan fingerprint density at radius 3 is 2.32 bits per heavy atom. The van der Waals surface area contributed by atoms with Gasteiger partial charge in [-0.15, -0.1) is 0 Å². The van der Waals surface area contributed by atoms with E-state index in [4.69, 9.17) is 0 Å². The zero-order chi connectivity index (χ0) is 16.0. The van der Waals surface area contributed by atoms with E-state index in [1.165, 1.54) is 19.1 Å². The second-order valence-corrected chi connectivity index (χ2v) is 5.11. The molecule has 0 radical (unpaired) electrons. The number of carbonyl (C=O) groups excluding carboxylic acids is 2. The number of rotatable bonds is 2. The molecule has 0 spiro atoms. The van der Waals surface area contributed by atoms with Crippen molar-refractivity contribution in [3.8, 4) is 5.75 Å². The highest BCUT2D eigenvalue weighted by Gasteiger charge is 2.37. The SMILES string of the molecule is Cc1c(O)ccc2c1C(=O)N(Cc1cc(F)cc(F)c1)C2=O. The lowest BCUT2D eigenvalue weighted by atomic mass is 10.0. The zero-order valence-corrected chi connectivity index (χ0v) is 11.6. The first-order chi connectivity index (χ1) is 10.4.